The maximum absolute atomic E-state index is 13.4. The van der Waals surface area contributed by atoms with Crippen LogP contribution in [0.1, 0.15) is 42.6 Å². The molecule has 3 heterocycles. The quantitative estimate of drug-likeness (QED) is 0.673. The van der Waals surface area contributed by atoms with E-state index in [2.05, 4.69) is 27.2 Å². The summed E-state index contributed by atoms with van der Waals surface area (Å²) in [6.07, 6.45) is 5.63. The molecule has 2 aromatic rings. The van der Waals surface area contributed by atoms with Gasteiger partial charge in [-0.3, -0.25) is 14.3 Å². The van der Waals surface area contributed by atoms with Crippen molar-refractivity contribution in [3.63, 3.8) is 0 Å². The Morgan fingerprint density at radius 3 is 2.74 bits per heavy atom. The SMILES string of the molecule is CCN(c1c(C)c(C(=O)NCC2C(=O)N=C(C)C=C2OC)cc2nn(C)cc12)C1CCOCC1. The molecular formula is C25H33N5O4. The average Bonchev–Trinajstić information content (AvgIpc) is 3.19. The molecule has 1 aromatic carbocycles. The van der Waals surface area contributed by atoms with Gasteiger partial charge in [0.05, 0.1) is 18.3 Å². The molecule has 2 aliphatic rings. The van der Waals surface area contributed by atoms with Crippen LogP contribution in [0, 0.1) is 12.8 Å². The average molecular weight is 468 g/mol. The number of carbonyl (C=O) groups excluding carboxylic acids is 2. The molecule has 4 rings (SSSR count). The number of hydrogen-bond donors (Lipinski definition) is 1. The number of fused-ring (bicyclic) bond motifs is 1. The summed E-state index contributed by atoms with van der Waals surface area (Å²) in [5.74, 6) is -0.687. The molecule has 1 fully saturated rings. The summed E-state index contributed by atoms with van der Waals surface area (Å²) in [7, 11) is 3.41. The van der Waals surface area contributed by atoms with Gasteiger partial charge in [-0.15, -0.1) is 0 Å². The fraction of sp³-hybridized carbons (Fsp3) is 0.520. The second-order valence-electron chi connectivity index (χ2n) is 8.87. The van der Waals surface area contributed by atoms with E-state index in [9.17, 15) is 9.59 Å². The maximum atomic E-state index is 13.4. The molecule has 0 aliphatic carbocycles. The summed E-state index contributed by atoms with van der Waals surface area (Å²) in [5, 5.41) is 8.56. The van der Waals surface area contributed by atoms with Crippen molar-refractivity contribution in [3.8, 4) is 0 Å². The van der Waals surface area contributed by atoms with E-state index in [1.807, 2.05) is 26.2 Å². The standard InChI is InChI=1S/C25H33N5O4/c1-6-30(17-7-9-34-10-8-17)23-16(3)18(12-21-20(23)14-29(4)28-21)24(31)26-13-19-22(33-5)11-15(2)27-25(19)32/h11-12,14,17,19H,6-10,13H2,1-5H3,(H,26,31). The molecule has 182 valence electrons. The number of rotatable bonds is 7. The summed E-state index contributed by atoms with van der Waals surface area (Å²) < 4.78 is 12.7. The van der Waals surface area contributed by atoms with E-state index in [1.54, 1.807) is 17.7 Å². The van der Waals surface area contributed by atoms with Crippen LogP contribution in [0.25, 0.3) is 10.9 Å². The molecule has 2 amide bonds. The number of benzene rings is 1. The van der Waals surface area contributed by atoms with E-state index < -0.39 is 5.92 Å². The lowest BCUT2D eigenvalue weighted by atomic mass is 9.97. The van der Waals surface area contributed by atoms with Gasteiger partial charge in [-0.2, -0.15) is 5.10 Å². The summed E-state index contributed by atoms with van der Waals surface area (Å²) in [6.45, 7) is 8.28. The zero-order chi connectivity index (χ0) is 24.4. The van der Waals surface area contributed by atoms with Gasteiger partial charge in [0.1, 0.15) is 11.7 Å². The third-order valence-electron chi connectivity index (χ3n) is 6.64. The Kier molecular flexibility index (Phi) is 7.02. The van der Waals surface area contributed by atoms with E-state index in [-0.39, 0.29) is 18.4 Å². The van der Waals surface area contributed by atoms with Gasteiger partial charge in [-0.1, -0.05) is 0 Å². The summed E-state index contributed by atoms with van der Waals surface area (Å²) in [5.41, 5.74) is 3.86. The van der Waals surface area contributed by atoms with Crippen LogP contribution in [0.4, 0.5) is 5.69 Å². The monoisotopic (exact) mass is 467 g/mol. The van der Waals surface area contributed by atoms with Crippen molar-refractivity contribution in [1.82, 2.24) is 15.1 Å². The summed E-state index contributed by atoms with van der Waals surface area (Å²) >= 11 is 0. The van der Waals surface area contributed by atoms with Crippen molar-refractivity contribution in [3.05, 3.63) is 35.2 Å². The van der Waals surface area contributed by atoms with Crippen LogP contribution in [0.15, 0.2) is 29.1 Å². The number of aliphatic imine (C=N–C) groups is 1. The van der Waals surface area contributed by atoms with Crippen molar-refractivity contribution in [1.29, 1.82) is 0 Å². The first-order valence-electron chi connectivity index (χ1n) is 11.8. The zero-order valence-electron chi connectivity index (χ0n) is 20.6. The van der Waals surface area contributed by atoms with Crippen LogP contribution in [0.3, 0.4) is 0 Å². The molecule has 34 heavy (non-hydrogen) atoms. The van der Waals surface area contributed by atoms with Crippen LogP contribution in [0.2, 0.25) is 0 Å². The Balaban J connectivity index is 1.66. The molecule has 0 radical (unpaired) electrons. The van der Waals surface area contributed by atoms with Crippen molar-refractivity contribution in [2.75, 3.05) is 38.3 Å². The van der Waals surface area contributed by atoms with Crippen LogP contribution >= 0.6 is 0 Å². The number of dihydropyridines is 1. The van der Waals surface area contributed by atoms with E-state index in [1.165, 1.54) is 7.11 Å². The third kappa shape index (κ3) is 4.57. The summed E-state index contributed by atoms with van der Waals surface area (Å²) in [6, 6.07) is 2.17. The highest BCUT2D eigenvalue weighted by Crippen LogP contribution is 2.35. The number of ether oxygens (including phenoxy) is 2. The topological polar surface area (TPSA) is 98.0 Å². The molecule has 1 N–H and O–H groups in total. The number of allylic oxidation sites excluding steroid dienone is 1. The van der Waals surface area contributed by atoms with Gasteiger partial charge < -0.3 is 19.7 Å². The predicted octanol–water partition coefficient (Wildman–Crippen LogP) is 2.76. The Labute approximate surface area is 199 Å². The molecular weight excluding hydrogens is 434 g/mol. The molecule has 1 atom stereocenters. The smallest absolute Gasteiger partial charge is 0.258 e. The Morgan fingerprint density at radius 1 is 1.32 bits per heavy atom. The van der Waals surface area contributed by atoms with Crippen LogP contribution in [0.5, 0.6) is 0 Å². The van der Waals surface area contributed by atoms with Gasteiger partial charge in [0, 0.05) is 62.3 Å². The fourth-order valence-corrected chi connectivity index (χ4v) is 4.96. The molecule has 0 bridgehead atoms. The summed E-state index contributed by atoms with van der Waals surface area (Å²) in [4.78, 5) is 32.2. The lowest BCUT2D eigenvalue weighted by molar-refractivity contribution is -0.121. The number of amides is 2. The van der Waals surface area contributed by atoms with E-state index in [0.717, 1.165) is 54.8 Å². The molecule has 0 saturated carbocycles. The minimum Gasteiger partial charge on any atom is -0.500 e. The maximum Gasteiger partial charge on any atom is 0.258 e. The van der Waals surface area contributed by atoms with Crippen molar-refractivity contribution >= 4 is 34.1 Å². The molecule has 1 unspecified atom stereocenters. The van der Waals surface area contributed by atoms with E-state index in [0.29, 0.717) is 23.1 Å². The van der Waals surface area contributed by atoms with Crippen LogP contribution < -0.4 is 10.2 Å². The highest BCUT2D eigenvalue weighted by molar-refractivity contribution is 6.07. The molecule has 9 heteroatoms. The number of aryl methyl sites for hydroxylation is 1. The fourth-order valence-electron chi connectivity index (χ4n) is 4.96. The molecule has 9 nitrogen and oxygen atoms in total. The molecule has 1 saturated heterocycles. The second kappa shape index (κ2) is 9.97. The number of methoxy groups -OCH3 is 1. The normalized spacial score (nSPS) is 19.1. The number of aromatic nitrogens is 2. The number of hydrogen-bond acceptors (Lipinski definition) is 6. The van der Waals surface area contributed by atoms with Gasteiger partial charge >= 0.3 is 0 Å². The van der Waals surface area contributed by atoms with Crippen LogP contribution in [-0.2, 0) is 21.3 Å². The Bertz CT molecular complexity index is 1160. The molecule has 0 spiro atoms. The number of nitrogens with zero attached hydrogens (tertiary/aromatic N) is 4. The van der Waals surface area contributed by atoms with Gasteiger partial charge in [0.25, 0.3) is 11.8 Å². The first kappa shape index (κ1) is 23.9. The van der Waals surface area contributed by atoms with Crippen molar-refractivity contribution in [2.45, 2.75) is 39.7 Å². The lowest BCUT2D eigenvalue weighted by Gasteiger charge is -2.37. The van der Waals surface area contributed by atoms with Crippen molar-refractivity contribution < 1.29 is 19.1 Å². The largest absolute Gasteiger partial charge is 0.500 e. The Hall–Kier alpha value is -3.20. The van der Waals surface area contributed by atoms with E-state index >= 15 is 0 Å². The van der Waals surface area contributed by atoms with Gasteiger partial charge in [-0.05, 0) is 51.3 Å². The first-order chi connectivity index (χ1) is 16.3. The highest BCUT2D eigenvalue weighted by atomic mass is 16.5. The number of nitrogens with one attached hydrogen (secondary N) is 1. The minimum atomic E-state index is -0.634. The molecule has 2 aliphatic heterocycles. The number of carbonyl (C=O) groups is 2. The molecule has 1 aromatic heterocycles. The van der Waals surface area contributed by atoms with Gasteiger partial charge in [-0.25, -0.2) is 4.99 Å². The first-order valence-corrected chi connectivity index (χ1v) is 11.8. The Morgan fingerprint density at radius 2 is 2.06 bits per heavy atom. The predicted molar refractivity (Wildman–Crippen MR) is 131 cm³/mol. The van der Waals surface area contributed by atoms with Crippen LogP contribution in [-0.4, -0.2) is 66.8 Å². The highest BCUT2D eigenvalue weighted by Gasteiger charge is 2.30. The van der Waals surface area contributed by atoms with Crippen molar-refractivity contribution in [2.24, 2.45) is 18.0 Å². The second-order valence-corrected chi connectivity index (χ2v) is 8.87. The lowest BCUT2D eigenvalue weighted by Crippen LogP contribution is -2.40. The van der Waals surface area contributed by atoms with Gasteiger partial charge in [0.15, 0.2) is 0 Å². The third-order valence-corrected chi connectivity index (χ3v) is 6.64. The van der Waals surface area contributed by atoms with Gasteiger partial charge in [0.2, 0.25) is 0 Å². The number of anilines is 1. The zero-order valence-corrected chi connectivity index (χ0v) is 20.6. The minimum absolute atomic E-state index is 0.112. The van der Waals surface area contributed by atoms with E-state index in [4.69, 9.17) is 9.47 Å².